The lowest BCUT2D eigenvalue weighted by Gasteiger charge is -2.20. The molecule has 0 aliphatic rings. The maximum atomic E-state index is 3.19. The molecule has 1 unspecified atom stereocenters. The smallest absolute Gasteiger partial charge is 0.00161 e. The van der Waals surface area contributed by atoms with Gasteiger partial charge in [0.1, 0.15) is 0 Å². The van der Waals surface area contributed by atoms with Crippen LogP contribution in [0.5, 0.6) is 0 Å². The number of hydrogen-bond donors (Lipinski definition) is 1. The molecule has 2 heteroatoms. The minimum Gasteiger partial charge on any atom is -0.319 e. The highest BCUT2D eigenvalue weighted by Gasteiger charge is 2.03. The molecule has 11 heavy (non-hydrogen) atoms. The van der Waals surface area contributed by atoms with Crippen molar-refractivity contribution in [3.8, 4) is 0 Å². The Morgan fingerprint density at radius 3 is 2.55 bits per heavy atom. The van der Waals surface area contributed by atoms with Crippen molar-refractivity contribution in [2.24, 2.45) is 5.92 Å². The van der Waals surface area contributed by atoms with E-state index in [0.717, 1.165) is 12.5 Å². The van der Waals surface area contributed by atoms with Crippen LogP contribution in [0.15, 0.2) is 0 Å². The lowest BCUT2D eigenvalue weighted by molar-refractivity contribution is 0.284. The molecule has 0 aromatic carbocycles. The van der Waals surface area contributed by atoms with Crippen LogP contribution in [0, 0.1) is 5.92 Å². The topological polar surface area (TPSA) is 15.3 Å². The highest BCUT2D eigenvalue weighted by Crippen LogP contribution is 1.96. The van der Waals surface area contributed by atoms with Gasteiger partial charge in [-0.3, -0.25) is 0 Å². The van der Waals surface area contributed by atoms with Gasteiger partial charge in [-0.15, -0.1) is 0 Å². The molecule has 2 nitrogen and oxygen atoms in total. The Labute approximate surface area is 71.0 Å². The van der Waals surface area contributed by atoms with Gasteiger partial charge in [-0.05, 0) is 39.5 Å². The van der Waals surface area contributed by atoms with Crippen LogP contribution in [0.2, 0.25) is 0 Å². The average Bonchev–Trinajstić information content (AvgIpc) is 1.87. The molecule has 0 rings (SSSR count). The van der Waals surface area contributed by atoms with E-state index < -0.39 is 0 Å². The van der Waals surface area contributed by atoms with Gasteiger partial charge < -0.3 is 10.2 Å². The molecule has 1 N–H and O–H groups in total. The first-order valence-corrected chi connectivity index (χ1v) is 4.53. The first-order chi connectivity index (χ1) is 5.20. The van der Waals surface area contributed by atoms with Crippen molar-refractivity contribution in [1.29, 1.82) is 0 Å². The van der Waals surface area contributed by atoms with Crippen molar-refractivity contribution in [2.75, 3.05) is 33.7 Å². The monoisotopic (exact) mass is 158 g/mol. The molecular formula is C9H22N2. The molecule has 0 aliphatic carbocycles. The summed E-state index contributed by atoms with van der Waals surface area (Å²) in [4.78, 5) is 2.39. The lowest BCUT2D eigenvalue weighted by atomic mass is 10.1. The summed E-state index contributed by atoms with van der Waals surface area (Å²) >= 11 is 0. The van der Waals surface area contributed by atoms with Crippen LogP contribution in [0.3, 0.4) is 0 Å². The molecule has 0 saturated carbocycles. The summed E-state index contributed by atoms with van der Waals surface area (Å²) < 4.78 is 0. The maximum absolute atomic E-state index is 3.19. The maximum Gasteiger partial charge on any atom is 0.00161 e. The van der Waals surface area contributed by atoms with Gasteiger partial charge in [-0.2, -0.15) is 0 Å². The van der Waals surface area contributed by atoms with E-state index in [2.05, 4.69) is 31.1 Å². The van der Waals surface area contributed by atoms with E-state index in [-0.39, 0.29) is 0 Å². The van der Waals surface area contributed by atoms with Crippen molar-refractivity contribution in [3.05, 3.63) is 0 Å². The molecule has 0 saturated heterocycles. The van der Waals surface area contributed by atoms with Gasteiger partial charge in [0.25, 0.3) is 0 Å². The highest BCUT2D eigenvalue weighted by atomic mass is 15.1. The van der Waals surface area contributed by atoms with Crippen molar-refractivity contribution in [1.82, 2.24) is 10.2 Å². The van der Waals surface area contributed by atoms with E-state index in [9.17, 15) is 0 Å². The summed E-state index contributed by atoms with van der Waals surface area (Å²) in [7, 11) is 4.20. The van der Waals surface area contributed by atoms with E-state index in [1.807, 2.05) is 7.05 Å². The van der Waals surface area contributed by atoms with E-state index in [1.54, 1.807) is 0 Å². The Balaban J connectivity index is 3.32. The molecule has 1 atom stereocenters. The number of hydrogen-bond acceptors (Lipinski definition) is 2. The van der Waals surface area contributed by atoms with Crippen LogP contribution in [-0.2, 0) is 0 Å². The Morgan fingerprint density at radius 2 is 2.09 bits per heavy atom. The second-order valence-electron chi connectivity index (χ2n) is 3.43. The van der Waals surface area contributed by atoms with Gasteiger partial charge in [0.15, 0.2) is 0 Å². The molecule has 0 aromatic rings. The van der Waals surface area contributed by atoms with E-state index in [4.69, 9.17) is 0 Å². The molecule has 0 amide bonds. The average molecular weight is 158 g/mol. The number of nitrogens with one attached hydrogen (secondary N) is 1. The Kier molecular flexibility index (Phi) is 6.57. The summed E-state index contributed by atoms with van der Waals surface area (Å²) in [5, 5.41) is 3.19. The van der Waals surface area contributed by atoms with Gasteiger partial charge >= 0.3 is 0 Å². The Bertz CT molecular complexity index is 73.6. The predicted octanol–water partition coefficient (Wildman–Crippen LogP) is 1.18. The van der Waals surface area contributed by atoms with E-state index >= 15 is 0 Å². The third-order valence-electron chi connectivity index (χ3n) is 1.78. The van der Waals surface area contributed by atoms with Gasteiger partial charge in [-0.25, -0.2) is 0 Å². The molecule has 0 heterocycles. The van der Waals surface area contributed by atoms with Crippen LogP contribution in [-0.4, -0.2) is 38.6 Å². The zero-order valence-corrected chi connectivity index (χ0v) is 8.35. The fourth-order valence-corrected chi connectivity index (χ4v) is 1.42. The molecular weight excluding hydrogens is 136 g/mol. The number of rotatable bonds is 6. The SMILES string of the molecule is CCCN(C)CC(C)CNC. The molecule has 68 valence electrons. The number of nitrogens with zero attached hydrogens (tertiary/aromatic N) is 1. The van der Waals surface area contributed by atoms with Crippen molar-refractivity contribution >= 4 is 0 Å². The van der Waals surface area contributed by atoms with Gasteiger partial charge in [-0.1, -0.05) is 13.8 Å². The van der Waals surface area contributed by atoms with Crippen LogP contribution < -0.4 is 5.32 Å². The molecule has 0 spiro atoms. The Hall–Kier alpha value is -0.0800. The normalized spacial score (nSPS) is 13.9. The fourth-order valence-electron chi connectivity index (χ4n) is 1.42. The summed E-state index contributed by atoms with van der Waals surface area (Å²) in [5.74, 6) is 0.761. The minimum absolute atomic E-state index is 0.761. The first kappa shape index (κ1) is 10.9. The molecule has 0 fully saturated rings. The van der Waals surface area contributed by atoms with Gasteiger partial charge in [0.05, 0.1) is 0 Å². The van der Waals surface area contributed by atoms with E-state index in [0.29, 0.717) is 0 Å². The zero-order chi connectivity index (χ0) is 8.69. The first-order valence-electron chi connectivity index (χ1n) is 4.53. The summed E-state index contributed by atoms with van der Waals surface area (Å²) in [6.07, 6.45) is 1.25. The van der Waals surface area contributed by atoms with Gasteiger partial charge in [0.2, 0.25) is 0 Å². The molecule has 0 bridgehead atoms. The summed E-state index contributed by atoms with van der Waals surface area (Å²) in [6.45, 7) is 8.04. The molecule has 0 aliphatic heterocycles. The van der Waals surface area contributed by atoms with Gasteiger partial charge in [0, 0.05) is 6.54 Å². The molecule has 0 radical (unpaired) electrons. The van der Waals surface area contributed by atoms with E-state index in [1.165, 1.54) is 19.5 Å². The minimum atomic E-state index is 0.761. The zero-order valence-electron chi connectivity index (χ0n) is 8.35. The van der Waals surface area contributed by atoms with Crippen molar-refractivity contribution in [2.45, 2.75) is 20.3 Å². The second kappa shape index (κ2) is 6.62. The second-order valence-corrected chi connectivity index (χ2v) is 3.43. The summed E-state index contributed by atoms with van der Waals surface area (Å²) in [5.41, 5.74) is 0. The van der Waals surface area contributed by atoms with Crippen LogP contribution >= 0.6 is 0 Å². The Morgan fingerprint density at radius 1 is 1.45 bits per heavy atom. The predicted molar refractivity (Wildman–Crippen MR) is 50.9 cm³/mol. The molecule has 0 aromatic heterocycles. The third-order valence-corrected chi connectivity index (χ3v) is 1.78. The summed E-state index contributed by atoms with van der Waals surface area (Å²) in [6, 6.07) is 0. The fraction of sp³-hybridized carbons (Fsp3) is 1.00. The van der Waals surface area contributed by atoms with Crippen LogP contribution in [0.1, 0.15) is 20.3 Å². The lowest BCUT2D eigenvalue weighted by Crippen LogP contribution is -2.30. The van der Waals surface area contributed by atoms with Crippen molar-refractivity contribution < 1.29 is 0 Å². The van der Waals surface area contributed by atoms with Crippen LogP contribution in [0.4, 0.5) is 0 Å². The third kappa shape index (κ3) is 6.32. The van der Waals surface area contributed by atoms with Crippen molar-refractivity contribution in [3.63, 3.8) is 0 Å². The largest absolute Gasteiger partial charge is 0.319 e. The highest BCUT2D eigenvalue weighted by molar-refractivity contribution is 4.59. The van der Waals surface area contributed by atoms with Crippen LogP contribution in [0.25, 0.3) is 0 Å². The standard InChI is InChI=1S/C9H22N2/c1-5-6-11(4)8-9(2)7-10-3/h9-10H,5-8H2,1-4H3. The quantitative estimate of drug-likeness (QED) is 0.624.